The Morgan fingerprint density at radius 3 is 2.60 bits per heavy atom. The Morgan fingerprint density at radius 1 is 1.00 bits per heavy atom. The van der Waals surface area contributed by atoms with Crippen LogP contribution in [0.3, 0.4) is 0 Å². The number of imide groups is 1. The van der Waals surface area contributed by atoms with Gasteiger partial charge in [-0.1, -0.05) is 6.92 Å². The van der Waals surface area contributed by atoms with Crippen molar-refractivity contribution in [3.05, 3.63) is 88.2 Å². The predicted octanol–water partition coefficient (Wildman–Crippen LogP) is 5.17. The molecule has 1 fully saturated rings. The summed E-state index contributed by atoms with van der Waals surface area (Å²) < 4.78 is 37.6. The number of piperidine rings is 1. The second kappa shape index (κ2) is 17.6. The molecule has 7 rings (SSSR count). The number of nitrogens with one attached hydrogen (secondary N) is 4. The van der Waals surface area contributed by atoms with Crippen molar-refractivity contribution in [2.75, 3.05) is 43.0 Å². The van der Waals surface area contributed by atoms with Crippen LogP contribution in [0.25, 0.3) is 11.3 Å². The van der Waals surface area contributed by atoms with Crippen molar-refractivity contribution in [1.82, 2.24) is 30.7 Å². The summed E-state index contributed by atoms with van der Waals surface area (Å²) in [6.45, 7) is 6.53. The van der Waals surface area contributed by atoms with Gasteiger partial charge in [0.2, 0.25) is 23.7 Å². The number of aliphatic imine (C=N–C) groups is 1. The van der Waals surface area contributed by atoms with Crippen LogP contribution in [0.15, 0.2) is 53.7 Å². The highest BCUT2D eigenvalue weighted by Gasteiger charge is 2.33. The molecule has 0 unspecified atom stereocenters. The SMILES string of the molecule is Cc1cc2cc(n1)-c1cnn(C)c1OCCC[C@@H](C)CN1/C(=N/C2=O)Nc2ccc(C(=O)NCCNCCCCc3cc(F)c([C@H]4CCC(=O)NC4=O)c(F)c3)cc21. The minimum Gasteiger partial charge on any atom is -0.477 e. The van der Waals surface area contributed by atoms with Gasteiger partial charge in [-0.05, 0) is 106 Å². The quantitative estimate of drug-likeness (QED) is 0.124. The smallest absolute Gasteiger partial charge is 0.280 e. The molecule has 2 aromatic heterocycles. The molecule has 0 spiro atoms. The number of unbranched alkanes of at least 4 members (excludes halogenated alkanes) is 1. The van der Waals surface area contributed by atoms with E-state index >= 15 is 0 Å². The molecule has 0 saturated carbocycles. The van der Waals surface area contributed by atoms with Gasteiger partial charge in [0.1, 0.15) is 11.6 Å². The number of amides is 4. The first-order valence-electron chi connectivity index (χ1n) is 19.7. The van der Waals surface area contributed by atoms with E-state index in [0.717, 1.165) is 30.6 Å². The number of ether oxygens (including phenoxy) is 1. The second-order valence-corrected chi connectivity index (χ2v) is 15.1. The fourth-order valence-corrected chi connectivity index (χ4v) is 7.60. The molecule has 58 heavy (non-hydrogen) atoms. The molecule has 16 heteroatoms. The molecule has 5 heterocycles. The zero-order valence-electron chi connectivity index (χ0n) is 32.8. The lowest BCUT2D eigenvalue weighted by atomic mass is 9.88. The summed E-state index contributed by atoms with van der Waals surface area (Å²) in [5.74, 6) is -3.21. The van der Waals surface area contributed by atoms with Crippen LogP contribution in [0, 0.1) is 24.5 Å². The number of aryl methyl sites for hydroxylation is 3. The molecule has 1 saturated heterocycles. The minimum atomic E-state index is -1.02. The third-order valence-electron chi connectivity index (χ3n) is 10.6. The molecule has 14 nitrogen and oxygen atoms in total. The first kappa shape index (κ1) is 40.2. The molecule has 304 valence electrons. The minimum absolute atomic E-state index is 0.0415. The fourth-order valence-electron chi connectivity index (χ4n) is 7.60. The van der Waals surface area contributed by atoms with Crippen molar-refractivity contribution in [2.45, 2.75) is 64.7 Å². The number of aromatic nitrogens is 3. The van der Waals surface area contributed by atoms with Crippen molar-refractivity contribution in [1.29, 1.82) is 0 Å². The predicted molar refractivity (Wildman–Crippen MR) is 214 cm³/mol. The number of halogens is 2. The van der Waals surface area contributed by atoms with E-state index in [1.54, 1.807) is 29.1 Å². The number of hydrogen-bond acceptors (Lipinski definition) is 10. The maximum atomic E-state index is 14.9. The fraction of sp³-hybridized carbons (Fsp3) is 0.405. The van der Waals surface area contributed by atoms with Crippen molar-refractivity contribution in [3.63, 3.8) is 0 Å². The third-order valence-corrected chi connectivity index (χ3v) is 10.6. The van der Waals surface area contributed by atoms with E-state index in [0.29, 0.717) is 91.1 Å². The summed E-state index contributed by atoms with van der Waals surface area (Å²) in [5.41, 5.74) is 4.47. The van der Waals surface area contributed by atoms with Gasteiger partial charge >= 0.3 is 0 Å². The summed E-state index contributed by atoms with van der Waals surface area (Å²) in [6.07, 6.45) is 5.31. The molecule has 2 aromatic carbocycles. The van der Waals surface area contributed by atoms with E-state index in [1.165, 1.54) is 12.1 Å². The second-order valence-electron chi connectivity index (χ2n) is 15.1. The number of rotatable bonds is 10. The van der Waals surface area contributed by atoms with Crippen LogP contribution in [0.2, 0.25) is 0 Å². The number of hydrogen-bond donors (Lipinski definition) is 4. The summed E-state index contributed by atoms with van der Waals surface area (Å²) in [5, 5.41) is 16.1. The lowest BCUT2D eigenvalue weighted by Crippen LogP contribution is -2.40. The van der Waals surface area contributed by atoms with Gasteiger partial charge in [0, 0.05) is 55.5 Å². The maximum Gasteiger partial charge on any atom is 0.280 e. The van der Waals surface area contributed by atoms with Gasteiger partial charge in [0.15, 0.2) is 0 Å². The summed E-state index contributed by atoms with van der Waals surface area (Å²) in [6, 6.07) is 11.3. The lowest BCUT2D eigenvalue weighted by Gasteiger charge is -2.23. The molecule has 3 aliphatic heterocycles. The average molecular weight is 796 g/mol. The molecular formula is C42H47F2N9O5. The van der Waals surface area contributed by atoms with Crippen LogP contribution in [0.1, 0.15) is 88.9 Å². The van der Waals surface area contributed by atoms with Gasteiger partial charge in [0.25, 0.3) is 11.8 Å². The zero-order chi connectivity index (χ0) is 40.9. The van der Waals surface area contributed by atoms with Gasteiger partial charge in [-0.25, -0.2) is 13.5 Å². The van der Waals surface area contributed by atoms with Crippen LogP contribution in [0.4, 0.5) is 20.2 Å². The van der Waals surface area contributed by atoms with E-state index in [2.05, 4.69) is 43.3 Å². The lowest BCUT2D eigenvalue weighted by molar-refractivity contribution is -0.134. The van der Waals surface area contributed by atoms with Crippen LogP contribution in [-0.4, -0.2) is 77.1 Å². The number of pyridine rings is 1. The Kier molecular flexibility index (Phi) is 12.2. The summed E-state index contributed by atoms with van der Waals surface area (Å²) in [4.78, 5) is 61.7. The maximum absolute atomic E-state index is 14.9. The van der Waals surface area contributed by atoms with Gasteiger partial charge < -0.3 is 25.6 Å². The van der Waals surface area contributed by atoms with E-state index in [4.69, 9.17) is 4.74 Å². The van der Waals surface area contributed by atoms with Crippen molar-refractivity contribution < 1.29 is 32.7 Å². The monoisotopic (exact) mass is 795 g/mol. The van der Waals surface area contributed by atoms with Gasteiger partial charge in [0.05, 0.1) is 41.4 Å². The molecule has 2 atom stereocenters. The number of nitrogens with zero attached hydrogens (tertiary/aromatic N) is 5. The average Bonchev–Trinajstić information content (AvgIpc) is 3.72. The Balaban J connectivity index is 0.928. The molecule has 0 radical (unpaired) electrons. The normalized spacial score (nSPS) is 19.0. The van der Waals surface area contributed by atoms with Gasteiger partial charge in [-0.2, -0.15) is 10.1 Å². The Bertz CT molecular complexity index is 2250. The summed E-state index contributed by atoms with van der Waals surface area (Å²) >= 11 is 0. The number of benzene rings is 2. The largest absolute Gasteiger partial charge is 0.477 e. The van der Waals surface area contributed by atoms with Crippen molar-refractivity contribution in [3.8, 4) is 17.1 Å². The summed E-state index contributed by atoms with van der Waals surface area (Å²) in [7, 11) is 1.81. The van der Waals surface area contributed by atoms with Gasteiger partial charge in [-0.3, -0.25) is 29.5 Å². The van der Waals surface area contributed by atoms with Crippen LogP contribution in [-0.2, 0) is 23.1 Å². The number of guanidine groups is 1. The van der Waals surface area contributed by atoms with Gasteiger partial charge in [-0.15, -0.1) is 0 Å². The molecule has 4 aromatic rings. The Hall–Kier alpha value is -6.03. The molecular weight excluding hydrogens is 749 g/mol. The highest BCUT2D eigenvalue weighted by molar-refractivity contribution is 6.19. The van der Waals surface area contributed by atoms with E-state index in [-0.39, 0.29) is 30.2 Å². The molecule has 0 aliphatic carbocycles. The number of carbonyl (C=O) groups is 4. The number of carbonyl (C=O) groups excluding carboxylic acids is 4. The van der Waals surface area contributed by atoms with Crippen molar-refractivity contribution >= 4 is 41.0 Å². The van der Waals surface area contributed by atoms with E-state index < -0.39 is 35.3 Å². The first-order chi connectivity index (χ1) is 27.9. The molecule has 3 aliphatic rings. The Labute approximate surface area is 334 Å². The van der Waals surface area contributed by atoms with Crippen LogP contribution < -0.4 is 30.9 Å². The topological polar surface area (TPSA) is 172 Å². The van der Waals surface area contributed by atoms with Crippen LogP contribution >= 0.6 is 0 Å². The first-order valence-corrected chi connectivity index (χ1v) is 19.7. The van der Waals surface area contributed by atoms with E-state index in [1.807, 2.05) is 31.0 Å². The third kappa shape index (κ3) is 9.07. The number of fused-ring (bicyclic) bond motifs is 7. The molecule has 4 N–H and O–H groups in total. The zero-order valence-corrected chi connectivity index (χ0v) is 32.8. The van der Waals surface area contributed by atoms with E-state index in [9.17, 15) is 28.0 Å². The Morgan fingerprint density at radius 2 is 1.81 bits per heavy atom. The van der Waals surface area contributed by atoms with Crippen LogP contribution in [0.5, 0.6) is 5.88 Å². The number of anilines is 2. The molecule has 4 amide bonds. The van der Waals surface area contributed by atoms with Crippen molar-refractivity contribution in [2.24, 2.45) is 18.0 Å². The highest BCUT2D eigenvalue weighted by atomic mass is 19.1. The standard InChI is InChI=1S/C42H47F2N9O5/c1-24-7-6-16-58-41-30(22-47-52(41)3)34-20-28(17-25(2)48-34)39(56)51-42-49-33-11-9-27(21-35(33)53(42)23-24)38(55)46-15-14-45-13-5-4-8-26-18-31(43)37(32(44)19-26)29-10-12-36(54)50-40(29)57/h9,11,17-22,24,29,45H,4-8,10,12-16,23H2,1-3H3,(H,46,55)(H,49,51,56)(H,50,54,57)/t24-,29-/m1/s1. The highest BCUT2D eigenvalue weighted by Crippen LogP contribution is 2.36. The molecule has 2 bridgehead atoms.